The Bertz CT molecular complexity index is 337. The molecule has 0 spiro atoms. The van der Waals surface area contributed by atoms with Gasteiger partial charge < -0.3 is 10.5 Å². The zero-order chi connectivity index (χ0) is 9.68. The highest BCUT2D eigenvalue weighted by atomic mass is 16.5. The van der Waals surface area contributed by atoms with Crippen LogP contribution >= 0.6 is 0 Å². The molecule has 5 nitrogen and oxygen atoms in total. The number of nitrogens with one attached hydrogen (secondary N) is 1. The molecule has 0 unspecified atom stereocenters. The van der Waals surface area contributed by atoms with E-state index >= 15 is 0 Å². The quantitative estimate of drug-likeness (QED) is 0.394. The van der Waals surface area contributed by atoms with Gasteiger partial charge in [-0.2, -0.15) is 5.10 Å². The molecule has 13 heavy (non-hydrogen) atoms. The summed E-state index contributed by atoms with van der Waals surface area (Å²) in [7, 11) is 0. The third-order valence-electron chi connectivity index (χ3n) is 1.30. The second kappa shape index (κ2) is 4.16. The molecular weight excluding hydrogens is 170 g/mol. The highest BCUT2D eigenvalue weighted by Gasteiger charge is 2.08. The Labute approximate surface area is 75.3 Å². The molecule has 1 aromatic heterocycles. The van der Waals surface area contributed by atoms with Gasteiger partial charge in [-0.05, 0) is 0 Å². The average Bonchev–Trinajstić information content (AvgIpc) is 2.52. The van der Waals surface area contributed by atoms with E-state index in [1.807, 2.05) is 0 Å². The van der Waals surface area contributed by atoms with Crippen molar-refractivity contribution < 1.29 is 9.53 Å². The number of esters is 1. The van der Waals surface area contributed by atoms with Crippen LogP contribution < -0.4 is 5.73 Å². The largest absolute Gasteiger partial charge is 0.460 e. The Hall–Kier alpha value is -1.96. The zero-order valence-corrected chi connectivity index (χ0v) is 6.91. The van der Waals surface area contributed by atoms with E-state index in [2.05, 4.69) is 16.1 Å². The number of carbonyl (C=O) groups is 1. The summed E-state index contributed by atoms with van der Waals surface area (Å²) in [5.74, 6) is 2.11. The van der Waals surface area contributed by atoms with Crippen LogP contribution in [0, 0.1) is 12.3 Å². The lowest BCUT2D eigenvalue weighted by Gasteiger charge is -1.98. The van der Waals surface area contributed by atoms with Crippen molar-refractivity contribution in [3.05, 3.63) is 11.8 Å². The van der Waals surface area contributed by atoms with Crippen molar-refractivity contribution in [1.29, 1.82) is 0 Å². The molecule has 3 N–H and O–H groups in total. The topological polar surface area (TPSA) is 81.0 Å². The number of anilines is 1. The van der Waals surface area contributed by atoms with Crippen molar-refractivity contribution in [2.45, 2.75) is 6.42 Å². The van der Waals surface area contributed by atoms with E-state index in [9.17, 15) is 4.79 Å². The maximum absolute atomic E-state index is 11.1. The number of aromatic amines is 1. The van der Waals surface area contributed by atoms with E-state index < -0.39 is 5.97 Å². The number of hydrogen-bond acceptors (Lipinski definition) is 4. The van der Waals surface area contributed by atoms with Gasteiger partial charge in [-0.3, -0.25) is 5.10 Å². The summed E-state index contributed by atoms with van der Waals surface area (Å²) in [4.78, 5) is 11.1. The number of aromatic nitrogens is 2. The first-order chi connectivity index (χ1) is 6.24. The molecule has 0 fully saturated rings. The molecule has 0 saturated heterocycles. The smallest absolute Gasteiger partial charge is 0.356 e. The third-order valence-corrected chi connectivity index (χ3v) is 1.30. The number of terminal acetylenes is 1. The third kappa shape index (κ3) is 2.52. The molecule has 0 radical (unpaired) electrons. The van der Waals surface area contributed by atoms with E-state index in [0.29, 0.717) is 6.42 Å². The Morgan fingerprint density at radius 3 is 3.15 bits per heavy atom. The summed E-state index contributed by atoms with van der Waals surface area (Å²) < 4.78 is 4.77. The van der Waals surface area contributed by atoms with Crippen molar-refractivity contribution >= 4 is 11.8 Å². The molecular formula is C8H9N3O2. The van der Waals surface area contributed by atoms with Crippen LogP contribution in [0.15, 0.2) is 6.07 Å². The molecule has 0 atom stereocenters. The zero-order valence-electron chi connectivity index (χ0n) is 6.91. The summed E-state index contributed by atoms with van der Waals surface area (Å²) >= 11 is 0. The van der Waals surface area contributed by atoms with E-state index in [-0.39, 0.29) is 18.1 Å². The number of carbonyl (C=O) groups excluding carboxylic acids is 1. The van der Waals surface area contributed by atoms with Gasteiger partial charge in [0, 0.05) is 12.5 Å². The van der Waals surface area contributed by atoms with Gasteiger partial charge in [0.1, 0.15) is 18.1 Å². The lowest BCUT2D eigenvalue weighted by atomic mass is 10.4. The Morgan fingerprint density at radius 2 is 2.62 bits per heavy atom. The summed E-state index contributed by atoms with van der Waals surface area (Å²) in [5.41, 5.74) is 5.52. The van der Waals surface area contributed by atoms with Crippen LogP contribution in [0.1, 0.15) is 16.9 Å². The van der Waals surface area contributed by atoms with Gasteiger partial charge in [0.2, 0.25) is 0 Å². The van der Waals surface area contributed by atoms with E-state index in [4.69, 9.17) is 16.9 Å². The molecule has 1 heterocycles. The van der Waals surface area contributed by atoms with Gasteiger partial charge in [-0.25, -0.2) is 4.79 Å². The first-order valence-electron chi connectivity index (χ1n) is 3.65. The van der Waals surface area contributed by atoms with Crippen molar-refractivity contribution in [3.63, 3.8) is 0 Å². The minimum absolute atomic E-state index is 0.203. The van der Waals surface area contributed by atoms with Crippen molar-refractivity contribution in [2.75, 3.05) is 12.3 Å². The highest BCUT2D eigenvalue weighted by molar-refractivity contribution is 5.87. The van der Waals surface area contributed by atoms with Gasteiger partial charge in [-0.1, -0.05) is 0 Å². The monoisotopic (exact) mass is 179 g/mol. The number of ether oxygens (including phenoxy) is 1. The van der Waals surface area contributed by atoms with Gasteiger partial charge >= 0.3 is 5.97 Å². The fraction of sp³-hybridized carbons (Fsp3) is 0.250. The van der Waals surface area contributed by atoms with E-state index in [1.54, 1.807) is 0 Å². The molecule has 68 valence electrons. The predicted molar refractivity (Wildman–Crippen MR) is 46.7 cm³/mol. The molecule has 0 saturated carbocycles. The minimum atomic E-state index is -0.501. The van der Waals surface area contributed by atoms with Gasteiger partial charge in [0.15, 0.2) is 0 Å². The normalized spacial score (nSPS) is 9.15. The Morgan fingerprint density at radius 1 is 1.85 bits per heavy atom. The van der Waals surface area contributed by atoms with Crippen LogP contribution in [0.3, 0.4) is 0 Å². The van der Waals surface area contributed by atoms with Crippen LogP contribution in [0.4, 0.5) is 5.82 Å². The van der Waals surface area contributed by atoms with Gasteiger partial charge in [0.25, 0.3) is 0 Å². The van der Waals surface area contributed by atoms with Crippen molar-refractivity contribution in [1.82, 2.24) is 10.2 Å². The molecule has 5 heteroatoms. The lowest BCUT2D eigenvalue weighted by molar-refractivity contribution is 0.0507. The first kappa shape index (κ1) is 9.13. The molecule has 1 aromatic rings. The maximum Gasteiger partial charge on any atom is 0.356 e. The standard InChI is InChI=1S/C8H9N3O2/c1-2-3-4-13-8(12)6-5-7(9)11-10-6/h1,5H,3-4H2,(H3,9,10,11). The number of hydrogen-bond donors (Lipinski definition) is 2. The molecule has 0 aliphatic carbocycles. The second-order valence-corrected chi connectivity index (χ2v) is 2.30. The van der Waals surface area contributed by atoms with Crippen LogP contribution in [0.25, 0.3) is 0 Å². The number of nitrogen functional groups attached to an aromatic ring is 1. The molecule has 0 aliphatic rings. The van der Waals surface area contributed by atoms with E-state index in [1.165, 1.54) is 6.07 Å². The summed E-state index contributed by atoms with van der Waals surface area (Å²) in [6, 6.07) is 1.40. The minimum Gasteiger partial charge on any atom is -0.460 e. The van der Waals surface area contributed by atoms with Crippen molar-refractivity contribution in [2.24, 2.45) is 0 Å². The fourth-order valence-corrected chi connectivity index (χ4v) is 0.722. The molecule has 0 aromatic carbocycles. The second-order valence-electron chi connectivity index (χ2n) is 2.30. The van der Waals surface area contributed by atoms with Crippen LogP contribution in [-0.2, 0) is 4.74 Å². The fourth-order valence-electron chi connectivity index (χ4n) is 0.722. The first-order valence-corrected chi connectivity index (χ1v) is 3.65. The summed E-state index contributed by atoms with van der Waals surface area (Å²) in [5, 5.41) is 6.01. The van der Waals surface area contributed by atoms with Crippen LogP contribution in [0.5, 0.6) is 0 Å². The van der Waals surface area contributed by atoms with Gasteiger partial charge in [-0.15, -0.1) is 12.3 Å². The number of nitrogens with zero attached hydrogens (tertiary/aromatic N) is 1. The summed E-state index contributed by atoms with van der Waals surface area (Å²) in [6.07, 6.45) is 5.37. The van der Waals surface area contributed by atoms with Crippen LogP contribution in [-0.4, -0.2) is 22.8 Å². The molecule has 0 bridgehead atoms. The van der Waals surface area contributed by atoms with E-state index in [0.717, 1.165) is 0 Å². The number of rotatable bonds is 3. The van der Waals surface area contributed by atoms with Crippen molar-refractivity contribution in [3.8, 4) is 12.3 Å². The average molecular weight is 179 g/mol. The number of nitrogens with two attached hydrogens (primary N) is 1. The molecule has 0 amide bonds. The maximum atomic E-state index is 11.1. The Balaban J connectivity index is 2.45. The molecule has 0 aliphatic heterocycles. The highest BCUT2D eigenvalue weighted by Crippen LogP contribution is 2.02. The molecule has 1 rings (SSSR count). The lowest BCUT2D eigenvalue weighted by Crippen LogP contribution is -2.06. The SMILES string of the molecule is C#CCCOC(=O)c1cc(N)n[nH]1. The van der Waals surface area contributed by atoms with Gasteiger partial charge in [0.05, 0.1) is 0 Å². The predicted octanol–water partition coefficient (Wildman–Crippen LogP) is 0.172. The summed E-state index contributed by atoms with van der Waals surface area (Å²) in [6.45, 7) is 0.203. The van der Waals surface area contributed by atoms with Crippen LogP contribution in [0.2, 0.25) is 0 Å². The Kier molecular flexibility index (Phi) is 2.92. The number of H-pyrrole nitrogens is 1.